The van der Waals surface area contributed by atoms with Gasteiger partial charge in [-0.3, -0.25) is 14.5 Å². The Bertz CT molecular complexity index is 763. The van der Waals surface area contributed by atoms with Crippen molar-refractivity contribution in [1.29, 1.82) is 0 Å². The summed E-state index contributed by atoms with van der Waals surface area (Å²) in [5.41, 5.74) is -0.697. The van der Waals surface area contributed by atoms with E-state index in [0.717, 1.165) is 37.0 Å². The van der Waals surface area contributed by atoms with Crippen LogP contribution in [0.2, 0.25) is 0 Å². The van der Waals surface area contributed by atoms with Gasteiger partial charge in [0, 0.05) is 13.1 Å². The van der Waals surface area contributed by atoms with Crippen LogP contribution >= 0.6 is 0 Å². The van der Waals surface area contributed by atoms with Gasteiger partial charge in [-0.1, -0.05) is 38.8 Å². The lowest BCUT2D eigenvalue weighted by molar-refractivity contribution is -0.139. The molecular formula is C22H30FN3O3. The van der Waals surface area contributed by atoms with E-state index in [1.54, 1.807) is 4.90 Å². The summed E-state index contributed by atoms with van der Waals surface area (Å²) >= 11 is 0. The maximum Gasteiger partial charge on any atom is 0.325 e. The van der Waals surface area contributed by atoms with Crippen molar-refractivity contribution in [2.24, 2.45) is 5.92 Å². The van der Waals surface area contributed by atoms with Gasteiger partial charge < -0.3 is 10.2 Å². The molecule has 0 aromatic heterocycles. The average molecular weight is 403 g/mol. The van der Waals surface area contributed by atoms with Crippen LogP contribution in [0.1, 0.15) is 57.9 Å². The van der Waals surface area contributed by atoms with Crippen molar-refractivity contribution >= 4 is 17.8 Å². The van der Waals surface area contributed by atoms with Crippen LogP contribution in [0.3, 0.4) is 0 Å². The predicted molar refractivity (Wildman–Crippen MR) is 107 cm³/mol. The molecule has 1 saturated heterocycles. The zero-order valence-electron chi connectivity index (χ0n) is 17.2. The van der Waals surface area contributed by atoms with Crippen LogP contribution in [-0.4, -0.2) is 47.3 Å². The number of carbonyl (C=O) groups is 3. The lowest BCUT2D eigenvalue weighted by Gasteiger charge is -2.28. The highest BCUT2D eigenvalue weighted by Crippen LogP contribution is 2.34. The fourth-order valence-corrected chi connectivity index (χ4v) is 3.89. The minimum atomic E-state index is -1.24. The van der Waals surface area contributed by atoms with E-state index >= 15 is 0 Å². The van der Waals surface area contributed by atoms with Gasteiger partial charge in [-0.15, -0.1) is 0 Å². The normalized spacial score (nSPS) is 21.4. The van der Waals surface area contributed by atoms with Gasteiger partial charge in [0.1, 0.15) is 17.9 Å². The van der Waals surface area contributed by atoms with Crippen LogP contribution in [-0.2, 0) is 15.1 Å². The Morgan fingerprint density at radius 1 is 1.21 bits per heavy atom. The second-order valence-corrected chi connectivity index (χ2v) is 8.12. The fourth-order valence-electron chi connectivity index (χ4n) is 3.89. The number of carbonyl (C=O) groups excluding carboxylic acids is 3. The van der Waals surface area contributed by atoms with Gasteiger partial charge in [0.2, 0.25) is 5.91 Å². The Labute approximate surface area is 171 Å². The summed E-state index contributed by atoms with van der Waals surface area (Å²) in [5, 5.41) is 2.81. The first kappa shape index (κ1) is 21.3. The van der Waals surface area contributed by atoms with E-state index in [2.05, 4.69) is 5.32 Å². The largest absolute Gasteiger partial charge is 0.341 e. The second-order valence-electron chi connectivity index (χ2n) is 8.12. The number of nitrogens with one attached hydrogen (secondary N) is 1. The van der Waals surface area contributed by atoms with E-state index < -0.39 is 23.3 Å². The molecule has 6 nitrogen and oxygen atoms in total. The fraction of sp³-hybridized carbons (Fsp3) is 0.591. The van der Waals surface area contributed by atoms with Gasteiger partial charge in [0.25, 0.3) is 5.91 Å². The SMILES string of the molecule is CCCC[C@]1(c2ccc(F)cc2)NC(=O)N(CC(=O)N(CCC)CC2CC2)C1=O. The molecule has 1 aliphatic carbocycles. The Morgan fingerprint density at radius 2 is 1.90 bits per heavy atom. The molecule has 0 unspecified atom stereocenters. The summed E-state index contributed by atoms with van der Waals surface area (Å²) in [5.74, 6) is -0.499. The molecule has 2 aliphatic rings. The summed E-state index contributed by atoms with van der Waals surface area (Å²) in [6.07, 6.45) is 5.05. The molecule has 1 N–H and O–H groups in total. The van der Waals surface area contributed by atoms with Crippen LogP contribution in [0.5, 0.6) is 0 Å². The number of rotatable bonds is 10. The molecule has 29 heavy (non-hydrogen) atoms. The van der Waals surface area contributed by atoms with Crippen LogP contribution in [0, 0.1) is 11.7 Å². The molecule has 2 fully saturated rings. The van der Waals surface area contributed by atoms with Crippen LogP contribution < -0.4 is 5.32 Å². The summed E-state index contributed by atoms with van der Waals surface area (Å²) in [7, 11) is 0. The summed E-state index contributed by atoms with van der Waals surface area (Å²) in [6.45, 7) is 5.06. The molecule has 0 bridgehead atoms. The molecule has 158 valence electrons. The zero-order valence-corrected chi connectivity index (χ0v) is 17.2. The molecule has 1 aromatic carbocycles. The van der Waals surface area contributed by atoms with Crippen LogP contribution in [0.4, 0.5) is 9.18 Å². The molecule has 1 atom stereocenters. The molecule has 3 rings (SSSR count). The highest BCUT2D eigenvalue weighted by Gasteiger charge is 2.52. The summed E-state index contributed by atoms with van der Waals surface area (Å²) in [4.78, 5) is 41.7. The van der Waals surface area contributed by atoms with Crippen molar-refractivity contribution in [1.82, 2.24) is 15.1 Å². The van der Waals surface area contributed by atoms with Gasteiger partial charge in [0.05, 0.1) is 0 Å². The van der Waals surface area contributed by atoms with E-state index in [0.29, 0.717) is 31.0 Å². The number of imide groups is 1. The molecule has 1 aromatic rings. The van der Waals surface area contributed by atoms with Gasteiger partial charge >= 0.3 is 6.03 Å². The van der Waals surface area contributed by atoms with E-state index in [-0.39, 0.29) is 12.5 Å². The summed E-state index contributed by atoms with van der Waals surface area (Å²) < 4.78 is 13.4. The number of urea groups is 1. The molecule has 7 heteroatoms. The highest BCUT2D eigenvalue weighted by molar-refractivity contribution is 6.09. The standard InChI is InChI=1S/C22H30FN3O3/c1-3-5-12-22(17-8-10-18(23)11-9-17)20(28)26(21(29)24-22)15-19(27)25(13-4-2)14-16-6-7-16/h8-11,16H,3-7,12-15H2,1-2H3,(H,24,29)/t22-/m1/s1. The number of amides is 4. The van der Waals surface area contributed by atoms with Crippen molar-refractivity contribution < 1.29 is 18.8 Å². The topological polar surface area (TPSA) is 69.7 Å². The minimum Gasteiger partial charge on any atom is -0.341 e. The molecule has 1 aliphatic heterocycles. The van der Waals surface area contributed by atoms with Crippen molar-refractivity contribution in [3.63, 3.8) is 0 Å². The Balaban J connectivity index is 1.81. The quantitative estimate of drug-likeness (QED) is 0.609. The van der Waals surface area contributed by atoms with Crippen molar-refractivity contribution in [3.8, 4) is 0 Å². The molecule has 1 saturated carbocycles. The number of hydrogen-bond acceptors (Lipinski definition) is 3. The number of nitrogens with zero attached hydrogens (tertiary/aromatic N) is 2. The van der Waals surface area contributed by atoms with E-state index in [4.69, 9.17) is 0 Å². The molecule has 4 amide bonds. The third-order valence-electron chi connectivity index (χ3n) is 5.73. The maximum absolute atomic E-state index is 13.4. The van der Waals surface area contributed by atoms with E-state index in [9.17, 15) is 18.8 Å². The first-order valence-electron chi connectivity index (χ1n) is 10.6. The predicted octanol–water partition coefficient (Wildman–Crippen LogP) is 3.41. The number of unbranched alkanes of at least 4 members (excludes halogenated alkanes) is 1. The zero-order chi connectivity index (χ0) is 21.0. The average Bonchev–Trinajstić information content (AvgIpc) is 3.49. The minimum absolute atomic E-state index is 0.201. The van der Waals surface area contributed by atoms with Crippen LogP contribution in [0.25, 0.3) is 0 Å². The third kappa shape index (κ3) is 4.60. The van der Waals surface area contributed by atoms with E-state index in [1.807, 2.05) is 13.8 Å². The second kappa shape index (κ2) is 8.93. The first-order valence-corrected chi connectivity index (χ1v) is 10.6. The molecule has 1 heterocycles. The Morgan fingerprint density at radius 3 is 2.48 bits per heavy atom. The molecule has 0 spiro atoms. The lowest BCUT2D eigenvalue weighted by atomic mass is 9.85. The molecular weight excluding hydrogens is 373 g/mol. The Kier molecular flexibility index (Phi) is 6.55. The molecule has 0 radical (unpaired) electrons. The van der Waals surface area contributed by atoms with Crippen molar-refractivity contribution in [2.75, 3.05) is 19.6 Å². The van der Waals surface area contributed by atoms with Crippen LogP contribution in [0.15, 0.2) is 24.3 Å². The van der Waals surface area contributed by atoms with Gasteiger partial charge in [-0.2, -0.15) is 0 Å². The van der Waals surface area contributed by atoms with Crippen molar-refractivity contribution in [2.45, 2.75) is 57.9 Å². The number of halogens is 1. The van der Waals surface area contributed by atoms with E-state index in [1.165, 1.54) is 24.3 Å². The monoisotopic (exact) mass is 403 g/mol. The van der Waals surface area contributed by atoms with Gasteiger partial charge in [-0.25, -0.2) is 9.18 Å². The Hall–Kier alpha value is -2.44. The summed E-state index contributed by atoms with van der Waals surface area (Å²) in [6, 6.07) is 5.08. The number of hydrogen-bond donors (Lipinski definition) is 1. The lowest BCUT2D eigenvalue weighted by Crippen LogP contribution is -2.46. The van der Waals surface area contributed by atoms with Gasteiger partial charge in [0.15, 0.2) is 0 Å². The maximum atomic E-state index is 13.4. The highest BCUT2D eigenvalue weighted by atomic mass is 19.1. The van der Waals surface area contributed by atoms with Gasteiger partial charge in [-0.05, 0) is 49.3 Å². The number of benzene rings is 1. The van der Waals surface area contributed by atoms with Crippen molar-refractivity contribution in [3.05, 3.63) is 35.6 Å². The third-order valence-corrected chi connectivity index (χ3v) is 5.73. The smallest absolute Gasteiger partial charge is 0.325 e. The first-order chi connectivity index (χ1) is 13.9.